The molecule has 0 amide bonds. The maximum atomic E-state index is 8.91. The molecule has 0 aliphatic carbocycles. The van der Waals surface area contributed by atoms with E-state index in [0.29, 0.717) is 22.8 Å². The maximum absolute atomic E-state index is 8.91. The lowest BCUT2D eigenvalue weighted by Gasteiger charge is -2.05. The summed E-state index contributed by atoms with van der Waals surface area (Å²) in [5.41, 5.74) is 0.322. The van der Waals surface area contributed by atoms with Crippen molar-refractivity contribution >= 4 is 0 Å². The highest BCUT2D eigenvalue weighted by Crippen LogP contribution is 2.36. The molecule has 1 aliphatic rings. The first-order chi connectivity index (χ1) is 8.86. The second-order valence-corrected chi connectivity index (χ2v) is 3.48. The maximum Gasteiger partial charge on any atom is 0.256 e. The van der Waals surface area contributed by atoms with E-state index in [1.807, 2.05) is 6.07 Å². The smallest absolute Gasteiger partial charge is 0.256 e. The Labute approximate surface area is 102 Å². The van der Waals surface area contributed by atoms with Gasteiger partial charge in [0.15, 0.2) is 11.5 Å². The van der Waals surface area contributed by atoms with Crippen molar-refractivity contribution < 1.29 is 14.2 Å². The highest BCUT2D eigenvalue weighted by molar-refractivity contribution is 5.48. The van der Waals surface area contributed by atoms with Gasteiger partial charge in [-0.15, -0.1) is 5.10 Å². The van der Waals surface area contributed by atoms with E-state index < -0.39 is 0 Å². The Hall–Kier alpha value is -2.81. The van der Waals surface area contributed by atoms with Crippen LogP contribution in [0.3, 0.4) is 0 Å². The SMILES string of the molecule is N#Cc1ccnnc1Oc1ccc2c(c1)OCO2. The number of fused-ring (bicyclic) bond motifs is 1. The van der Waals surface area contributed by atoms with Gasteiger partial charge < -0.3 is 14.2 Å². The topological polar surface area (TPSA) is 77.3 Å². The molecule has 0 radical (unpaired) electrons. The lowest BCUT2D eigenvalue weighted by Crippen LogP contribution is -1.93. The van der Waals surface area contributed by atoms with E-state index in [9.17, 15) is 0 Å². The predicted octanol–water partition coefficient (Wildman–Crippen LogP) is 1.87. The summed E-state index contributed by atoms with van der Waals surface area (Å²) in [7, 11) is 0. The van der Waals surface area contributed by atoms with Crippen molar-refractivity contribution in [2.24, 2.45) is 0 Å². The van der Waals surface area contributed by atoms with E-state index >= 15 is 0 Å². The van der Waals surface area contributed by atoms with Gasteiger partial charge in [0.2, 0.25) is 6.79 Å². The van der Waals surface area contributed by atoms with E-state index in [1.54, 1.807) is 18.2 Å². The molecule has 0 N–H and O–H groups in total. The molecule has 0 atom stereocenters. The van der Waals surface area contributed by atoms with Crippen molar-refractivity contribution in [2.75, 3.05) is 6.79 Å². The second kappa shape index (κ2) is 4.22. The number of nitriles is 1. The van der Waals surface area contributed by atoms with Crippen LogP contribution >= 0.6 is 0 Å². The third kappa shape index (κ3) is 1.78. The number of ether oxygens (including phenoxy) is 3. The first-order valence-corrected chi connectivity index (χ1v) is 5.16. The summed E-state index contributed by atoms with van der Waals surface area (Å²) in [6.45, 7) is 0.202. The Bertz CT molecular complexity index is 637. The van der Waals surface area contributed by atoms with Crippen molar-refractivity contribution in [2.45, 2.75) is 0 Å². The number of aromatic nitrogens is 2. The third-order valence-electron chi connectivity index (χ3n) is 2.37. The minimum Gasteiger partial charge on any atom is -0.454 e. The molecule has 1 aromatic heterocycles. The van der Waals surface area contributed by atoms with Gasteiger partial charge in [-0.25, -0.2) is 0 Å². The third-order valence-corrected chi connectivity index (χ3v) is 2.37. The summed E-state index contributed by atoms with van der Waals surface area (Å²) >= 11 is 0. The quantitative estimate of drug-likeness (QED) is 0.798. The molecule has 1 aromatic carbocycles. The number of hydrogen-bond donors (Lipinski definition) is 0. The number of benzene rings is 1. The van der Waals surface area contributed by atoms with Crippen LogP contribution in [-0.4, -0.2) is 17.0 Å². The molecule has 1 aliphatic heterocycles. The highest BCUT2D eigenvalue weighted by atomic mass is 16.7. The van der Waals surface area contributed by atoms with Gasteiger partial charge in [0.25, 0.3) is 5.88 Å². The van der Waals surface area contributed by atoms with Gasteiger partial charge in [-0.1, -0.05) is 0 Å². The van der Waals surface area contributed by atoms with Crippen LogP contribution in [-0.2, 0) is 0 Å². The minimum atomic E-state index is 0.166. The van der Waals surface area contributed by atoms with E-state index in [4.69, 9.17) is 19.5 Å². The second-order valence-electron chi connectivity index (χ2n) is 3.48. The lowest BCUT2D eigenvalue weighted by atomic mass is 10.3. The Kier molecular flexibility index (Phi) is 2.43. The molecule has 2 heterocycles. The number of hydrogen-bond acceptors (Lipinski definition) is 6. The van der Waals surface area contributed by atoms with Crippen LogP contribution in [0.25, 0.3) is 0 Å². The molecular formula is C12H7N3O3. The van der Waals surface area contributed by atoms with Crippen LogP contribution in [0.15, 0.2) is 30.5 Å². The highest BCUT2D eigenvalue weighted by Gasteiger charge is 2.15. The Balaban J connectivity index is 1.91. The molecule has 0 fully saturated rings. The summed E-state index contributed by atoms with van der Waals surface area (Å²) in [6.07, 6.45) is 1.44. The Morgan fingerprint density at radius 3 is 3.00 bits per heavy atom. The molecule has 0 spiro atoms. The van der Waals surface area contributed by atoms with Crippen LogP contribution in [0.4, 0.5) is 0 Å². The Morgan fingerprint density at radius 2 is 2.11 bits per heavy atom. The van der Waals surface area contributed by atoms with Gasteiger partial charge in [0, 0.05) is 6.07 Å². The average molecular weight is 241 g/mol. The number of rotatable bonds is 2. The largest absolute Gasteiger partial charge is 0.454 e. The zero-order valence-electron chi connectivity index (χ0n) is 9.16. The lowest BCUT2D eigenvalue weighted by molar-refractivity contribution is 0.174. The monoisotopic (exact) mass is 241 g/mol. The van der Waals surface area contributed by atoms with Crippen LogP contribution < -0.4 is 14.2 Å². The molecule has 18 heavy (non-hydrogen) atoms. The van der Waals surface area contributed by atoms with Crippen molar-refractivity contribution in [1.82, 2.24) is 10.2 Å². The van der Waals surface area contributed by atoms with Crippen LogP contribution in [0.1, 0.15) is 5.56 Å². The van der Waals surface area contributed by atoms with Gasteiger partial charge in [-0.3, -0.25) is 0 Å². The van der Waals surface area contributed by atoms with E-state index in [1.165, 1.54) is 12.3 Å². The summed E-state index contributed by atoms with van der Waals surface area (Å²) in [4.78, 5) is 0. The fourth-order valence-corrected chi connectivity index (χ4v) is 1.53. The molecule has 0 unspecified atom stereocenters. The number of nitrogens with zero attached hydrogens (tertiary/aromatic N) is 3. The first kappa shape index (κ1) is 10.4. The molecule has 2 aromatic rings. The van der Waals surface area contributed by atoms with Crippen molar-refractivity contribution in [3.05, 3.63) is 36.0 Å². The van der Waals surface area contributed by atoms with Gasteiger partial charge in [0.1, 0.15) is 17.4 Å². The first-order valence-electron chi connectivity index (χ1n) is 5.16. The van der Waals surface area contributed by atoms with Crippen molar-refractivity contribution in [3.63, 3.8) is 0 Å². The van der Waals surface area contributed by atoms with E-state index in [0.717, 1.165) is 0 Å². The standard InChI is InChI=1S/C12H7N3O3/c13-6-8-3-4-14-15-12(8)18-9-1-2-10-11(5-9)17-7-16-10/h1-5H,7H2. The molecular weight excluding hydrogens is 234 g/mol. The summed E-state index contributed by atoms with van der Waals surface area (Å²) in [6, 6.07) is 8.65. The molecule has 0 bridgehead atoms. The van der Waals surface area contributed by atoms with Crippen LogP contribution in [0.2, 0.25) is 0 Å². The van der Waals surface area contributed by atoms with Gasteiger partial charge in [0.05, 0.1) is 6.20 Å². The summed E-state index contributed by atoms with van der Waals surface area (Å²) in [5.74, 6) is 1.95. The fourth-order valence-electron chi connectivity index (χ4n) is 1.53. The van der Waals surface area contributed by atoms with Gasteiger partial charge in [-0.05, 0) is 18.2 Å². The minimum absolute atomic E-state index is 0.166. The average Bonchev–Trinajstić information content (AvgIpc) is 2.87. The molecule has 3 rings (SSSR count). The van der Waals surface area contributed by atoms with Crippen LogP contribution in [0, 0.1) is 11.3 Å². The molecule has 6 heteroatoms. The van der Waals surface area contributed by atoms with Crippen molar-refractivity contribution in [3.8, 4) is 29.2 Å². The van der Waals surface area contributed by atoms with E-state index in [-0.39, 0.29) is 12.7 Å². The summed E-state index contributed by atoms with van der Waals surface area (Å²) in [5, 5.41) is 16.4. The summed E-state index contributed by atoms with van der Waals surface area (Å²) < 4.78 is 15.9. The van der Waals surface area contributed by atoms with Crippen LogP contribution in [0.5, 0.6) is 23.1 Å². The molecule has 6 nitrogen and oxygen atoms in total. The molecule has 0 saturated heterocycles. The van der Waals surface area contributed by atoms with Crippen molar-refractivity contribution in [1.29, 1.82) is 5.26 Å². The Morgan fingerprint density at radius 1 is 1.22 bits per heavy atom. The fraction of sp³-hybridized carbons (Fsp3) is 0.0833. The van der Waals surface area contributed by atoms with Gasteiger partial charge in [-0.2, -0.15) is 10.4 Å². The zero-order valence-corrected chi connectivity index (χ0v) is 9.16. The predicted molar refractivity (Wildman–Crippen MR) is 59.4 cm³/mol. The van der Waals surface area contributed by atoms with Gasteiger partial charge >= 0.3 is 0 Å². The van der Waals surface area contributed by atoms with E-state index in [2.05, 4.69) is 10.2 Å². The zero-order chi connectivity index (χ0) is 12.4. The molecule has 88 valence electrons. The molecule has 0 saturated carbocycles. The normalized spacial score (nSPS) is 11.9.